The van der Waals surface area contributed by atoms with Crippen molar-refractivity contribution < 1.29 is 4.74 Å². The summed E-state index contributed by atoms with van der Waals surface area (Å²) in [6.45, 7) is 3.67. The lowest BCUT2D eigenvalue weighted by atomic mass is 10.1. The zero-order valence-corrected chi connectivity index (χ0v) is 9.28. The summed E-state index contributed by atoms with van der Waals surface area (Å²) < 4.78 is 5.10. The Morgan fingerprint density at radius 2 is 1.93 bits per heavy atom. The molecule has 0 fully saturated rings. The van der Waals surface area contributed by atoms with E-state index in [1.165, 1.54) is 5.56 Å². The molecule has 0 aliphatic heterocycles. The molecule has 0 heterocycles. The summed E-state index contributed by atoms with van der Waals surface area (Å²) in [7, 11) is 1.69. The van der Waals surface area contributed by atoms with Crippen molar-refractivity contribution in [3.05, 3.63) is 54.6 Å². The largest absolute Gasteiger partial charge is 0.497 e. The van der Waals surface area contributed by atoms with Crippen LogP contribution < -0.4 is 4.74 Å². The van der Waals surface area contributed by atoms with E-state index in [0.717, 1.165) is 25.0 Å². The van der Waals surface area contributed by atoms with E-state index in [2.05, 4.69) is 30.9 Å². The molecule has 0 N–H and O–H groups in total. The van der Waals surface area contributed by atoms with Gasteiger partial charge in [0.1, 0.15) is 5.75 Å². The summed E-state index contributed by atoms with van der Waals surface area (Å²) in [5, 5.41) is 0. The fourth-order valence-electron chi connectivity index (χ4n) is 1.35. The molecule has 0 aliphatic carbocycles. The molecule has 15 heavy (non-hydrogen) atoms. The highest BCUT2D eigenvalue weighted by Crippen LogP contribution is 2.12. The highest BCUT2D eigenvalue weighted by Gasteiger charge is 1.92. The molecule has 0 saturated carbocycles. The molecule has 0 aliphatic rings. The van der Waals surface area contributed by atoms with Gasteiger partial charge < -0.3 is 4.74 Å². The fraction of sp³-hybridized carbons (Fsp3) is 0.286. The lowest BCUT2D eigenvalue weighted by Crippen LogP contribution is -1.85. The Labute approximate surface area is 92.1 Å². The molecule has 0 unspecified atom stereocenters. The summed E-state index contributed by atoms with van der Waals surface area (Å²) >= 11 is 0. The van der Waals surface area contributed by atoms with Crippen molar-refractivity contribution in [3.63, 3.8) is 0 Å². The van der Waals surface area contributed by atoms with Crippen molar-refractivity contribution in [2.75, 3.05) is 7.11 Å². The molecule has 0 bridgehead atoms. The van der Waals surface area contributed by atoms with Crippen LogP contribution in [0.5, 0.6) is 5.75 Å². The Morgan fingerprint density at radius 1 is 1.20 bits per heavy atom. The van der Waals surface area contributed by atoms with Gasteiger partial charge in [-0.3, -0.25) is 0 Å². The van der Waals surface area contributed by atoms with E-state index in [9.17, 15) is 0 Å². The van der Waals surface area contributed by atoms with Gasteiger partial charge in [-0.15, -0.1) is 6.58 Å². The zero-order valence-electron chi connectivity index (χ0n) is 9.28. The SMILES string of the molecule is C=CCC=CCCc1ccc(OC)cc1. The Kier molecular flexibility index (Phi) is 5.31. The zero-order chi connectivity index (χ0) is 10.9. The predicted molar refractivity (Wildman–Crippen MR) is 65.3 cm³/mol. The second-order valence-electron chi connectivity index (χ2n) is 3.38. The average molecular weight is 202 g/mol. The Morgan fingerprint density at radius 3 is 2.53 bits per heavy atom. The van der Waals surface area contributed by atoms with Crippen LogP contribution in [0.2, 0.25) is 0 Å². The maximum atomic E-state index is 5.10. The summed E-state index contributed by atoms with van der Waals surface area (Å²) in [5.74, 6) is 0.918. The molecule has 1 aromatic carbocycles. The highest BCUT2D eigenvalue weighted by atomic mass is 16.5. The van der Waals surface area contributed by atoms with Gasteiger partial charge in [0, 0.05) is 0 Å². The van der Waals surface area contributed by atoms with Gasteiger partial charge in [0.25, 0.3) is 0 Å². The van der Waals surface area contributed by atoms with E-state index in [1.807, 2.05) is 18.2 Å². The molecule has 0 amide bonds. The Bertz CT molecular complexity index is 309. The lowest BCUT2D eigenvalue weighted by Gasteiger charge is -2.01. The van der Waals surface area contributed by atoms with E-state index in [-0.39, 0.29) is 0 Å². The first kappa shape index (κ1) is 11.6. The summed E-state index contributed by atoms with van der Waals surface area (Å²) in [6.07, 6.45) is 9.38. The Balaban J connectivity index is 2.34. The maximum Gasteiger partial charge on any atom is 0.118 e. The van der Waals surface area contributed by atoms with Gasteiger partial charge in [-0.25, -0.2) is 0 Å². The summed E-state index contributed by atoms with van der Waals surface area (Å²) in [6, 6.07) is 8.23. The van der Waals surface area contributed by atoms with E-state index in [0.29, 0.717) is 0 Å². The third-order valence-electron chi connectivity index (χ3n) is 2.23. The molecule has 0 radical (unpaired) electrons. The van der Waals surface area contributed by atoms with Crippen molar-refractivity contribution in [2.45, 2.75) is 19.3 Å². The average Bonchev–Trinajstić information content (AvgIpc) is 2.30. The van der Waals surface area contributed by atoms with Crippen LogP contribution in [0.15, 0.2) is 49.1 Å². The quantitative estimate of drug-likeness (QED) is 0.638. The standard InChI is InChI=1S/C14H18O/c1-3-4-5-6-7-8-13-9-11-14(15-2)12-10-13/h3,5-6,9-12H,1,4,7-8H2,2H3. The Hall–Kier alpha value is -1.50. The number of hydrogen-bond acceptors (Lipinski definition) is 1. The molecule has 0 spiro atoms. The van der Waals surface area contributed by atoms with E-state index >= 15 is 0 Å². The molecule has 0 saturated heterocycles. The van der Waals surface area contributed by atoms with Crippen LogP contribution in [0.4, 0.5) is 0 Å². The highest BCUT2D eigenvalue weighted by molar-refractivity contribution is 5.27. The second-order valence-corrected chi connectivity index (χ2v) is 3.38. The van der Waals surface area contributed by atoms with Gasteiger partial charge >= 0.3 is 0 Å². The predicted octanol–water partition coefficient (Wildman–Crippen LogP) is 3.76. The summed E-state index contributed by atoms with van der Waals surface area (Å²) in [5.41, 5.74) is 1.35. The molecular weight excluding hydrogens is 184 g/mol. The molecule has 1 rings (SSSR count). The summed E-state index contributed by atoms with van der Waals surface area (Å²) in [4.78, 5) is 0. The number of aryl methyl sites for hydroxylation is 1. The number of methoxy groups -OCH3 is 1. The molecular formula is C14H18O. The van der Waals surface area contributed by atoms with Gasteiger partial charge in [0.2, 0.25) is 0 Å². The van der Waals surface area contributed by atoms with Gasteiger partial charge in [-0.1, -0.05) is 30.4 Å². The van der Waals surface area contributed by atoms with Crippen molar-refractivity contribution >= 4 is 0 Å². The van der Waals surface area contributed by atoms with Crippen LogP contribution in [-0.4, -0.2) is 7.11 Å². The normalized spacial score (nSPS) is 10.5. The van der Waals surface area contributed by atoms with Crippen LogP contribution >= 0.6 is 0 Å². The fourth-order valence-corrected chi connectivity index (χ4v) is 1.35. The number of benzene rings is 1. The number of hydrogen-bond donors (Lipinski definition) is 0. The minimum atomic E-state index is 0.918. The van der Waals surface area contributed by atoms with Crippen LogP contribution in [0, 0.1) is 0 Å². The van der Waals surface area contributed by atoms with E-state index in [4.69, 9.17) is 4.74 Å². The van der Waals surface area contributed by atoms with Crippen LogP contribution in [-0.2, 0) is 6.42 Å². The first-order chi connectivity index (χ1) is 7.36. The van der Waals surface area contributed by atoms with Crippen molar-refractivity contribution in [1.29, 1.82) is 0 Å². The van der Waals surface area contributed by atoms with Crippen molar-refractivity contribution in [1.82, 2.24) is 0 Å². The minimum absolute atomic E-state index is 0.918. The molecule has 1 heteroatoms. The lowest BCUT2D eigenvalue weighted by molar-refractivity contribution is 0.414. The third kappa shape index (κ3) is 4.50. The maximum absolute atomic E-state index is 5.10. The first-order valence-corrected chi connectivity index (χ1v) is 5.25. The van der Waals surface area contributed by atoms with Gasteiger partial charge in [-0.2, -0.15) is 0 Å². The third-order valence-corrected chi connectivity index (χ3v) is 2.23. The minimum Gasteiger partial charge on any atom is -0.497 e. The smallest absolute Gasteiger partial charge is 0.118 e. The molecule has 0 aromatic heterocycles. The van der Waals surface area contributed by atoms with E-state index < -0.39 is 0 Å². The van der Waals surface area contributed by atoms with Crippen LogP contribution in [0.1, 0.15) is 18.4 Å². The van der Waals surface area contributed by atoms with Gasteiger partial charge in [0.05, 0.1) is 7.11 Å². The number of allylic oxidation sites excluding steroid dienone is 3. The second kappa shape index (κ2) is 6.88. The van der Waals surface area contributed by atoms with E-state index in [1.54, 1.807) is 7.11 Å². The van der Waals surface area contributed by atoms with Crippen LogP contribution in [0.25, 0.3) is 0 Å². The molecule has 1 aromatic rings. The molecule has 1 nitrogen and oxygen atoms in total. The monoisotopic (exact) mass is 202 g/mol. The van der Waals surface area contributed by atoms with Gasteiger partial charge in [-0.05, 0) is 37.0 Å². The number of ether oxygens (including phenoxy) is 1. The van der Waals surface area contributed by atoms with Gasteiger partial charge in [0.15, 0.2) is 0 Å². The van der Waals surface area contributed by atoms with Crippen LogP contribution in [0.3, 0.4) is 0 Å². The van der Waals surface area contributed by atoms with Crippen molar-refractivity contribution in [2.24, 2.45) is 0 Å². The first-order valence-electron chi connectivity index (χ1n) is 5.25. The molecule has 80 valence electrons. The topological polar surface area (TPSA) is 9.23 Å². The van der Waals surface area contributed by atoms with Crippen molar-refractivity contribution in [3.8, 4) is 5.75 Å². The number of rotatable bonds is 6. The molecule has 0 atom stereocenters.